The van der Waals surface area contributed by atoms with Gasteiger partial charge in [0.05, 0.1) is 11.5 Å². The van der Waals surface area contributed by atoms with Crippen molar-refractivity contribution in [3.63, 3.8) is 0 Å². The van der Waals surface area contributed by atoms with Gasteiger partial charge in [-0.25, -0.2) is 17.2 Å². The zero-order valence-corrected chi connectivity index (χ0v) is 19.1. The van der Waals surface area contributed by atoms with Gasteiger partial charge in [-0.3, -0.25) is 0 Å². The first kappa shape index (κ1) is 29.0. The number of aryl methyl sites for hydroxylation is 2. The molecule has 0 unspecified atom stereocenters. The summed E-state index contributed by atoms with van der Waals surface area (Å²) in [6.07, 6.45) is 3.82. The molecular formula is C20H33F2NO5S. The van der Waals surface area contributed by atoms with Gasteiger partial charge in [-0.1, -0.05) is 31.2 Å². The molecule has 0 saturated heterocycles. The van der Waals surface area contributed by atoms with Gasteiger partial charge >= 0.3 is 0 Å². The van der Waals surface area contributed by atoms with Crippen LogP contribution in [-0.4, -0.2) is 46.5 Å². The van der Waals surface area contributed by atoms with Crippen molar-refractivity contribution < 1.29 is 31.5 Å². The third-order valence-electron chi connectivity index (χ3n) is 3.07. The Morgan fingerprint density at radius 1 is 1.14 bits per heavy atom. The van der Waals surface area contributed by atoms with Crippen molar-refractivity contribution in [2.75, 3.05) is 32.3 Å². The Kier molecular flexibility index (Phi) is 16.8. The molecule has 6 nitrogen and oxygen atoms in total. The van der Waals surface area contributed by atoms with Crippen LogP contribution >= 0.6 is 0 Å². The minimum absolute atomic E-state index is 0.205. The molecule has 0 aliphatic heterocycles. The second-order valence-electron chi connectivity index (χ2n) is 5.53. The van der Waals surface area contributed by atoms with Crippen LogP contribution in [0.15, 0.2) is 29.4 Å². The maximum atomic E-state index is 12.1. The van der Waals surface area contributed by atoms with Gasteiger partial charge in [0.1, 0.15) is 25.2 Å². The maximum absolute atomic E-state index is 12.1. The highest BCUT2D eigenvalue weighted by molar-refractivity contribution is 7.91. The van der Waals surface area contributed by atoms with Crippen molar-refractivity contribution in [3.05, 3.63) is 35.4 Å². The van der Waals surface area contributed by atoms with E-state index in [-0.39, 0.29) is 5.75 Å². The lowest BCUT2D eigenvalue weighted by molar-refractivity contribution is 0.213. The summed E-state index contributed by atoms with van der Waals surface area (Å²) in [5.74, 6) is 0.660. The van der Waals surface area contributed by atoms with Crippen LogP contribution in [0.4, 0.5) is 8.78 Å². The molecule has 29 heavy (non-hydrogen) atoms. The predicted octanol–water partition coefficient (Wildman–Crippen LogP) is 4.94. The Labute approximate surface area is 173 Å². The number of hydrogen-bond acceptors (Lipinski definition) is 6. The van der Waals surface area contributed by atoms with Crippen molar-refractivity contribution in [2.45, 2.75) is 41.5 Å². The van der Waals surface area contributed by atoms with Gasteiger partial charge in [0.25, 0.3) is 0 Å². The average Bonchev–Trinajstić information content (AvgIpc) is 2.63. The van der Waals surface area contributed by atoms with Crippen LogP contribution in [0.2, 0.25) is 0 Å². The Hall–Kier alpha value is -2.16. The molecule has 168 valence electrons. The van der Waals surface area contributed by atoms with Crippen molar-refractivity contribution in [2.24, 2.45) is 5.16 Å². The molecule has 1 rings (SSSR count). The Morgan fingerprint density at radius 2 is 1.66 bits per heavy atom. The van der Waals surface area contributed by atoms with Gasteiger partial charge in [0.15, 0.2) is 15.8 Å². The second-order valence-corrected chi connectivity index (χ2v) is 7.54. The number of allylic oxidation sites excluding steroid dienone is 1. The first-order valence-corrected chi connectivity index (χ1v) is 10.9. The molecule has 9 heteroatoms. The quantitative estimate of drug-likeness (QED) is 0.311. The Balaban J connectivity index is 0. The van der Waals surface area contributed by atoms with E-state index >= 15 is 0 Å². The summed E-state index contributed by atoms with van der Waals surface area (Å²) in [5.41, 5.74) is 2.02. The van der Waals surface area contributed by atoms with Crippen LogP contribution in [0.25, 0.3) is 0 Å². The van der Waals surface area contributed by atoms with Crippen molar-refractivity contribution in [3.8, 4) is 11.5 Å². The number of halogens is 2. The summed E-state index contributed by atoms with van der Waals surface area (Å²) >= 11 is 0. The fraction of sp³-hybridized carbons (Fsp3) is 0.550. The van der Waals surface area contributed by atoms with Crippen LogP contribution in [0, 0.1) is 13.8 Å². The van der Waals surface area contributed by atoms with Gasteiger partial charge in [0.2, 0.25) is 6.93 Å². The summed E-state index contributed by atoms with van der Waals surface area (Å²) < 4.78 is 54.5. The first-order valence-electron chi connectivity index (χ1n) is 9.07. The minimum Gasteiger partial charge on any atom is -0.490 e. The third-order valence-corrected chi connectivity index (χ3v) is 4.41. The molecule has 0 bridgehead atoms. The van der Waals surface area contributed by atoms with E-state index in [1.807, 2.05) is 58.9 Å². The lowest BCUT2D eigenvalue weighted by atomic mass is 10.1. The number of sulfone groups is 1. The lowest BCUT2D eigenvalue weighted by Crippen LogP contribution is -2.21. The number of oxime groups is 1. The summed E-state index contributed by atoms with van der Waals surface area (Å²) in [7, 11) is -2.06. The number of nitrogens with zero attached hydrogens (tertiary/aromatic N) is 1. The van der Waals surface area contributed by atoms with Crippen molar-refractivity contribution >= 4 is 15.5 Å². The zero-order valence-electron chi connectivity index (χ0n) is 18.3. The first-order chi connectivity index (χ1) is 13.7. The van der Waals surface area contributed by atoms with Crippen LogP contribution in [0.3, 0.4) is 0 Å². The van der Waals surface area contributed by atoms with Gasteiger partial charge in [-0.2, -0.15) is 0 Å². The predicted molar refractivity (Wildman–Crippen MR) is 114 cm³/mol. The molecule has 0 aliphatic carbocycles. The van der Waals surface area contributed by atoms with Crippen LogP contribution in [-0.2, 0) is 14.7 Å². The maximum Gasteiger partial charge on any atom is 0.229 e. The van der Waals surface area contributed by atoms with E-state index in [1.165, 1.54) is 7.11 Å². The Morgan fingerprint density at radius 3 is 2.10 bits per heavy atom. The van der Waals surface area contributed by atoms with E-state index in [0.29, 0.717) is 18.1 Å². The molecule has 0 heterocycles. The molecule has 0 fully saturated rings. The number of benzene rings is 1. The van der Waals surface area contributed by atoms with Crippen LogP contribution in [0.1, 0.15) is 38.8 Å². The zero-order chi connectivity index (χ0) is 22.9. The fourth-order valence-corrected chi connectivity index (χ4v) is 3.22. The molecule has 0 aliphatic rings. The largest absolute Gasteiger partial charge is 0.490 e. The summed E-state index contributed by atoms with van der Waals surface area (Å²) in [6.45, 7) is 9.97. The summed E-state index contributed by atoms with van der Waals surface area (Å²) in [6, 6.07) is 3.66. The van der Waals surface area contributed by atoms with Crippen LogP contribution < -0.4 is 9.47 Å². The smallest absolute Gasteiger partial charge is 0.229 e. The highest BCUT2D eigenvalue weighted by Crippen LogP contribution is 2.28. The van der Waals surface area contributed by atoms with Gasteiger partial charge in [-0.15, -0.1) is 0 Å². The summed E-state index contributed by atoms with van der Waals surface area (Å²) in [4.78, 5) is 4.57. The second kappa shape index (κ2) is 16.8. The molecule has 0 N–H and O–H groups in total. The number of rotatable bonds is 9. The minimum atomic E-state index is -3.44. The molecule has 0 saturated carbocycles. The topological polar surface area (TPSA) is 74.2 Å². The van der Waals surface area contributed by atoms with E-state index in [0.717, 1.165) is 16.9 Å². The third kappa shape index (κ3) is 13.6. The highest BCUT2D eigenvalue weighted by Gasteiger charge is 2.16. The normalized spacial score (nSPS) is 11.1. The lowest BCUT2D eigenvalue weighted by Gasteiger charge is -2.14. The van der Waals surface area contributed by atoms with Crippen molar-refractivity contribution in [1.82, 2.24) is 0 Å². The van der Waals surface area contributed by atoms with Gasteiger partial charge in [-0.05, 0) is 51.0 Å². The molecule has 1 aromatic rings. The fourth-order valence-electron chi connectivity index (χ4n) is 2.15. The number of ether oxygens (including phenoxy) is 2. The molecule has 0 atom stereocenters. The van der Waals surface area contributed by atoms with E-state index in [9.17, 15) is 17.2 Å². The highest BCUT2D eigenvalue weighted by atomic mass is 32.2. The standard InChI is InChI=1S/C17H25NO5S.C2H6.CH2F2/c1-6-7-8-22-16-9-13(2)17(14(3)10-16)23-12-24(19,20)11-15(4)18-21-5;1-2;2-1-3/h6-7,9-10H,8,11-12H2,1-5H3;1-2H3;1H2/b7-6+,18-15-;;. The molecule has 0 amide bonds. The Bertz CT molecular complexity index is 711. The molecule has 0 aromatic heterocycles. The molecule has 0 spiro atoms. The van der Waals surface area contributed by atoms with E-state index in [4.69, 9.17) is 9.47 Å². The van der Waals surface area contributed by atoms with Crippen LogP contribution in [0.5, 0.6) is 11.5 Å². The SMILES string of the molecule is C/C=C/COc1cc(C)c(OCS(=O)(=O)C/C(C)=N\OC)c(C)c1.CC.FCF. The summed E-state index contributed by atoms with van der Waals surface area (Å²) in [5, 5.41) is 3.61. The molecule has 0 radical (unpaired) electrons. The number of alkyl halides is 2. The van der Waals surface area contributed by atoms with E-state index < -0.39 is 22.7 Å². The van der Waals surface area contributed by atoms with Gasteiger partial charge < -0.3 is 14.3 Å². The van der Waals surface area contributed by atoms with E-state index in [1.54, 1.807) is 6.92 Å². The molecular weight excluding hydrogens is 404 g/mol. The monoisotopic (exact) mass is 437 g/mol. The molecule has 1 aromatic carbocycles. The van der Waals surface area contributed by atoms with E-state index in [2.05, 4.69) is 9.99 Å². The number of hydrogen-bond donors (Lipinski definition) is 0. The van der Waals surface area contributed by atoms with Crippen molar-refractivity contribution in [1.29, 1.82) is 0 Å². The average molecular weight is 438 g/mol. The van der Waals surface area contributed by atoms with Gasteiger partial charge in [0, 0.05) is 0 Å².